The van der Waals surface area contributed by atoms with Crippen LogP contribution in [0.5, 0.6) is 0 Å². The molecule has 3 nitrogen and oxygen atoms in total. The normalized spacial score (nSPS) is 19.3. The summed E-state index contributed by atoms with van der Waals surface area (Å²) >= 11 is 0. The zero-order chi connectivity index (χ0) is 13.6. The van der Waals surface area contributed by atoms with Gasteiger partial charge in [-0.3, -0.25) is 4.98 Å². The molecule has 1 aromatic carbocycles. The highest BCUT2D eigenvalue weighted by Crippen LogP contribution is 2.17. The average molecular weight is 270 g/mol. The van der Waals surface area contributed by atoms with Gasteiger partial charge in [0, 0.05) is 29.8 Å². The number of ether oxygens (including phenoxy) is 1. The van der Waals surface area contributed by atoms with Crippen LogP contribution >= 0.6 is 0 Å². The van der Waals surface area contributed by atoms with E-state index in [1.807, 2.05) is 12.3 Å². The molecule has 1 fully saturated rings. The van der Waals surface area contributed by atoms with E-state index >= 15 is 0 Å². The molecule has 0 aliphatic carbocycles. The van der Waals surface area contributed by atoms with Gasteiger partial charge >= 0.3 is 0 Å². The predicted octanol–water partition coefficient (Wildman–Crippen LogP) is 3.28. The molecule has 1 atom stereocenters. The van der Waals surface area contributed by atoms with Crippen molar-refractivity contribution >= 4 is 10.9 Å². The zero-order valence-corrected chi connectivity index (χ0v) is 11.8. The Morgan fingerprint density at radius 2 is 2.15 bits per heavy atom. The largest absolute Gasteiger partial charge is 0.377 e. The molecule has 0 bridgehead atoms. The first-order valence-corrected chi connectivity index (χ1v) is 7.57. The van der Waals surface area contributed by atoms with Crippen molar-refractivity contribution in [3.05, 3.63) is 42.1 Å². The lowest BCUT2D eigenvalue weighted by atomic mass is 10.0. The molecule has 1 aliphatic heterocycles. The van der Waals surface area contributed by atoms with E-state index in [-0.39, 0.29) is 0 Å². The van der Waals surface area contributed by atoms with Crippen LogP contribution in [-0.4, -0.2) is 24.2 Å². The number of pyridine rings is 1. The van der Waals surface area contributed by atoms with Gasteiger partial charge in [0.05, 0.1) is 12.1 Å². The van der Waals surface area contributed by atoms with Gasteiger partial charge in [0.15, 0.2) is 0 Å². The summed E-state index contributed by atoms with van der Waals surface area (Å²) in [5, 5.41) is 4.74. The van der Waals surface area contributed by atoms with Gasteiger partial charge in [0.25, 0.3) is 0 Å². The Morgan fingerprint density at radius 3 is 3.05 bits per heavy atom. The van der Waals surface area contributed by atoms with Gasteiger partial charge in [-0.2, -0.15) is 0 Å². The van der Waals surface area contributed by atoms with Crippen LogP contribution in [0.25, 0.3) is 10.9 Å². The van der Waals surface area contributed by atoms with E-state index in [2.05, 4.69) is 34.6 Å². The SMILES string of the molecule is c1cnc2c(COCCC3CCCCN3)cccc2c1. The fourth-order valence-electron chi connectivity index (χ4n) is 2.86. The number of benzene rings is 1. The fourth-order valence-corrected chi connectivity index (χ4v) is 2.86. The molecular formula is C17H22N2O. The summed E-state index contributed by atoms with van der Waals surface area (Å²) in [5.41, 5.74) is 2.24. The molecule has 1 saturated heterocycles. The second kappa shape index (κ2) is 6.82. The molecule has 2 aromatic rings. The molecule has 0 spiro atoms. The van der Waals surface area contributed by atoms with Gasteiger partial charge < -0.3 is 10.1 Å². The Balaban J connectivity index is 1.52. The summed E-state index contributed by atoms with van der Waals surface area (Å²) in [5.74, 6) is 0. The van der Waals surface area contributed by atoms with Crippen LogP contribution in [0.3, 0.4) is 0 Å². The summed E-state index contributed by atoms with van der Waals surface area (Å²) in [7, 11) is 0. The highest BCUT2D eigenvalue weighted by Gasteiger charge is 2.11. The van der Waals surface area contributed by atoms with Crippen LogP contribution in [0, 0.1) is 0 Å². The molecule has 20 heavy (non-hydrogen) atoms. The molecule has 1 aromatic heterocycles. The smallest absolute Gasteiger partial charge is 0.0757 e. The topological polar surface area (TPSA) is 34.1 Å². The number of nitrogens with one attached hydrogen (secondary N) is 1. The first kappa shape index (κ1) is 13.5. The Bertz CT molecular complexity index is 544. The van der Waals surface area contributed by atoms with Crippen molar-refractivity contribution in [1.29, 1.82) is 0 Å². The first-order chi connectivity index (χ1) is 9.93. The summed E-state index contributed by atoms with van der Waals surface area (Å²) in [4.78, 5) is 4.46. The highest BCUT2D eigenvalue weighted by atomic mass is 16.5. The van der Waals surface area contributed by atoms with E-state index in [0.717, 1.165) is 25.1 Å². The van der Waals surface area contributed by atoms with Gasteiger partial charge in [0.2, 0.25) is 0 Å². The second-order valence-electron chi connectivity index (χ2n) is 5.48. The quantitative estimate of drug-likeness (QED) is 0.847. The third kappa shape index (κ3) is 3.35. The Kier molecular flexibility index (Phi) is 4.61. The number of aromatic nitrogens is 1. The Hall–Kier alpha value is -1.45. The van der Waals surface area contributed by atoms with Gasteiger partial charge in [0.1, 0.15) is 0 Å². The number of para-hydroxylation sites is 1. The maximum atomic E-state index is 5.85. The van der Waals surface area contributed by atoms with Crippen LogP contribution < -0.4 is 5.32 Å². The molecule has 0 radical (unpaired) electrons. The monoisotopic (exact) mass is 270 g/mol. The molecule has 106 valence electrons. The van der Waals surface area contributed by atoms with Gasteiger partial charge in [-0.1, -0.05) is 30.7 Å². The summed E-state index contributed by atoms with van der Waals surface area (Å²) in [6, 6.07) is 11.0. The standard InChI is InChI=1S/C17H22N2O/c1-2-10-18-16(8-1)9-12-20-13-15-6-3-5-14-7-4-11-19-17(14)15/h3-7,11,16,18H,1-2,8-10,12-13H2. The minimum absolute atomic E-state index is 0.648. The first-order valence-electron chi connectivity index (χ1n) is 7.57. The van der Waals surface area contributed by atoms with Gasteiger partial charge in [-0.05, 0) is 31.9 Å². The number of piperidine rings is 1. The molecule has 1 aliphatic rings. The van der Waals surface area contributed by atoms with E-state index in [9.17, 15) is 0 Å². The summed E-state index contributed by atoms with van der Waals surface area (Å²) in [6.45, 7) is 2.64. The molecular weight excluding hydrogens is 248 g/mol. The number of hydrogen-bond donors (Lipinski definition) is 1. The van der Waals surface area contributed by atoms with Crippen molar-refractivity contribution in [3.63, 3.8) is 0 Å². The number of rotatable bonds is 5. The van der Waals surface area contributed by atoms with Crippen molar-refractivity contribution in [2.24, 2.45) is 0 Å². The van der Waals surface area contributed by atoms with E-state index in [0.29, 0.717) is 12.6 Å². The van der Waals surface area contributed by atoms with E-state index in [4.69, 9.17) is 4.74 Å². The van der Waals surface area contributed by atoms with E-state index in [1.165, 1.54) is 30.2 Å². The predicted molar refractivity (Wildman–Crippen MR) is 81.7 cm³/mol. The zero-order valence-electron chi connectivity index (χ0n) is 11.8. The number of fused-ring (bicyclic) bond motifs is 1. The highest BCUT2D eigenvalue weighted by molar-refractivity contribution is 5.81. The molecule has 3 rings (SSSR count). The van der Waals surface area contributed by atoms with Crippen molar-refractivity contribution in [2.75, 3.05) is 13.2 Å². The Labute approximate surface area is 120 Å². The van der Waals surface area contributed by atoms with Crippen molar-refractivity contribution in [2.45, 2.75) is 38.3 Å². The minimum atomic E-state index is 0.648. The average Bonchev–Trinajstić information content (AvgIpc) is 2.53. The third-order valence-electron chi connectivity index (χ3n) is 4.00. The maximum Gasteiger partial charge on any atom is 0.0757 e. The lowest BCUT2D eigenvalue weighted by molar-refractivity contribution is 0.109. The molecule has 1 unspecified atom stereocenters. The van der Waals surface area contributed by atoms with Crippen molar-refractivity contribution in [1.82, 2.24) is 10.3 Å². The third-order valence-corrected chi connectivity index (χ3v) is 4.00. The van der Waals surface area contributed by atoms with Crippen LogP contribution in [0.4, 0.5) is 0 Å². The van der Waals surface area contributed by atoms with Crippen LogP contribution in [0.2, 0.25) is 0 Å². The van der Waals surface area contributed by atoms with E-state index < -0.39 is 0 Å². The van der Waals surface area contributed by atoms with Crippen LogP contribution in [0.1, 0.15) is 31.2 Å². The number of hydrogen-bond acceptors (Lipinski definition) is 3. The Morgan fingerprint density at radius 1 is 1.20 bits per heavy atom. The molecule has 0 saturated carbocycles. The number of nitrogens with zero attached hydrogens (tertiary/aromatic N) is 1. The molecule has 1 N–H and O–H groups in total. The lowest BCUT2D eigenvalue weighted by Gasteiger charge is -2.23. The van der Waals surface area contributed by atoms with E-state index in [1.54, 1.807) is 0 Å². The lowest BCUT2D eigenvalue weighted by Crippen LogP contribution is -2.34. The molecule has 0 amide bonds. The van der Waals surface area contributed by atoms with Crippen LogP contribution in [0.15, 0.2) is 36.5 Å². The van der Waals surface area contributed by atoms with Crippen LogP contribution in [-0.2, 0) is 11.3 Å². The summed E-state index contributed by atoms with van der Waals surface area (Å²) < 4.78 is 5.85. The maximum absolute atomic E-state index is 5.85. The molecule has 3 heteroatoms. The second-order valence-corrected chi connectivity index (χ2v) is 5.48. The van der Waals surface area contributed by atoms with Gasteiger partial charge in [-0.15, -0.1) is 0 Å². The minimum Gasteiger partial charge on any atom is -0.377 e. The molecule has 2 heterocycles. The summed E-state index contributed by atoms with van der Waals surface area (Å²) in [6.07, 6.45) is 6.92. The van der Waals surface area contributed by atoms with Crippen molar-refractivity contribution < 1.29 is 4.74 Å². The fraction of sp³-hybridized carbons (Fsp3) is 0.471. The van der Waals surface area contributed by atoms with Crippen molar-refractivity contribution in [3.8, 4) is 0 Å². The van der Waals surface area contributed by atoms with Gasteiger partial charge in [-0.25, -0.2) is 0 Å².